The van der Waals surface area contributed by atoms with Gasteiger partial charge in [0.25, 0.3) is 0 Å². The number of hydrogen-bond donors (Lipinski definition) is 2. The van der Waals surface area contributed by atoms with Gasteiger partial charge >= 0.3 is 18.4 Å². The van der Waals surface area contributed by atoms with Crippen LogP contribution in [0.2, 0.25) is 0 Å². The Balaban J connectivity index is 1.71. The highest BCUT2D eigenvalue weighted by atomic mass is 19.4. The number of ether oxygens (including phenoxy) is 1. The standard InChI is InChI=1S/C20H22F5N5O3/c1-27-18(31)29-9-11(7-26)4-14(10-29)30(13-2-3-13)19(32)28-8-12-5-16(22)17(6-15(12)21)33-20(23,24)25/h5-6,11,13-14H,2-4,8-10H2,1H3,(H,27,31)(H,28,32). The molecule has 1 saturated carbocycles. The zero-order valence-corrected chi connectivity index (χ0v) is 17.6. The van der Waals surface area contributed by atoms with Crippen molar-refractivity contribution in [3.05, 3.63) is 29.3 Å². The number of nitrogens with one attached hydrogen (secondary N) is 2. The van der Waals surface area contributed by atoms with Crippen LogP contribution >= 0.6 is 0 Å². The van der Waals surface area contributed by atoms with Crippen molar-refractivity contribution in [2.24, 2.45) is 5.92 Å². The van der Waals surface area contributed by atoms with E-state index < -0.39 is 48.3 Å². The number of alkyl halides is 3. The molecule has 0 aromatic heterocycles. The van der Waals surface area contributed by atoms with E-state index in [-0.39, 0.29) is 36.8 Å². The minimum atomic E-state index is -5.18. The molecule has 0 spiro atoms. The Labute approximate surface area is 186 Å². The second-order valence-electron chi connectivity index (χ2n) is 7.89. The van der Waals surface area contributed by atoms with Gasteiger partial charge < -0.3 is 25.2 Å². The molecule has 1 saturated heterocycles. The van der Waals surface area contributed by atoms with E-state index in [1.807, 2.05) is 0 Å². The van der Waals surface area contributed by atoms with E-state index in [2.05, 4.69) is 21.4 Å². The first-order valence-corrected chi connectivity index (χ1v) is 10.2. The molecule has 1 heterocycles. The second kappa shape index (κ2) is 9.68. The lowest BCUT2D eigenvalue weighted by Gasteiger charge is -2.41. The van der Waals surface area contributed by atoms with Crippen LogP contribution < -0.4 is 15.4 Å². The maximum atomic E-state index is 14.2. The van der Waals surface area contributed by atoms with E-state index >= 15 is 0 Å². The molecule has 2 fully saturated rings. The van der Waals surface area contributed by atoms with Crippen molar-refractivity contribution in [1.82, 2.24) is 20.4 Å². The summed E-state index contributed by atoms with van der Waals surface area (Å²) < 4.78 is 68.4. The largest absolute Gasteiger partial charge is 0.573 e. The molecule has 8 nitrogen and oxygen atoms in total. The molecule has 13 heteroatoms. The lowest BCUT2D eigenvalue weighted by Crippen LogP contribution is -2.57. The molecule has 180 valence electrons. The van der Waals surface area contributed by atoms with Crippen LogP contribution in [0.4, 0.5) is 31.5 Å². The molecule has 2 unspecified atom stereocenters. The van der Waals surface area contributed by atoms with Gasteiger partial charge in [0.2, 0.25) is 0 Å². The molecule has 2 aliphatic rings. The summed E-state index contributed by atoms with van der Waals surface area (Å²) >= 11 is 0. The molecule has 33 heavy (non-hydrogen) atoms. The normalized spacial score (nSPS) is 20.6. The van der Waals surface area contributed by atoms with Gasteiger partial charge in [-0.1, -0.05) is 0 Å². The maximum absolute atomic E-state index is 14.2. The number of nitriles is 1. The van der Waals surface area contributed by atoms with Crippen molar-refractivity contribution >= 4 is 12.1 Å². The Kier molecular flexibility index (Phi) is 7.14. The van der Waals surface area contributed by atoms with Crippen molar-refractivity contribution < 1.29 is 36.3 Å². The molecule has 2 atom stereocenters. The van der Waals surface area contributed by atoms with Gasteiger partial charge in [-0.25, -0.2) is 18.4 Å². The first kappa shape index (κ1) is 24.3. The van der Waals surface area contributed by atoms with Gasteiger partial charge in [-0.2, -0.15) is 5.26 Å². The smallest absolute Gasteiger partial charge is 0.403 e. The third-order valence-electron chi connectivity index (χ3n) is 5.44. The molecule has 0 radical (unpaired) electrons. The summed E-state index contributed by atoms with van der Waals surface area (Å²) in [6.07, 6.45) is -3.40. The second-order valence-corrected chi connectivity index (χ2v) is 7.89. The van der Waals surface area contributed by atoms with Gasteiger partial charge in [0.15, 0.2) is 11.6 Å². The van der Waals surface area contributed by atoms with Crippen LogP contribution in [0.3, 0.4) is 0 Å². The summed E-state index contributed by atoms with van der Waals surface area (Å²) in [7, 11) is 1.46. The molecule has 3 rings (SSSR count). The molecule has 0 bridgehead atoms. The lowest BCUT2D eigenvalue weighted by molar-refractivity contribution is -0.275. The van der Waals surface area contributed by atoms with Crippen molar-refractivity contribution in [3.63, 3.8) is 0 Å². The number of rotatable bonds is 5. The quantitative estimate of drug-likeness (QED) is 0.640. The Bertz CT molecular complexity index is 947. The van der Waals surface area contributed by atoms with Gasteiger partial charge in [-0.15, -0.1) is 13.2 Å². The minimum absolute atomic E-state index is 0.122. The van der Waals surface area contributed by atoms with Crippen LogP contribution in [0.25, 0.3) is 0 Å². The van der Waals surface area contributed by atoms with E-state index in [1.165, 1.54) is 16.8 Å². The summed E-state index contributed by atoms with van der Waals surface area (Å²) in [5, 5.41) is 14.3. The Morgan fingerprint density at radius 3 is 2.48 bits per heavy atom. The van der Waals surface area contributed by atoms with Gasteiger partial charge in [0.05, 0.1) is 18.0 Å². The van der Waals surface area contributed by atoms with E-state index in [0.29, 0.717) is 25.3 Å². The van der Waals surface area contributed by atoms with Crippen molar-refractivity contribution in [1.29, 1.82) is 5.26 Å². The van der Waals surface area contributed by atoms with Gasteiger partial charge in [0, 0.05) is 44.4 Å². The zero-order valence-electron chi connectivity index (χ0n) is 17.6. The fraction of sp³-hybridized carbons (Fsp3) is 0.550. The molecule has 1 aromatic carbocycles. The molecule has 2 N–H and O–H groups in total. The van der Waals surface area contributed by atoms with Gasteiger partial charge in [-0.05, 0) is 25.3 Å². The number of urea groups is 2. The molecule has 1 aliphatic heterocycles. The van der Waals surface area contributed by atoms with Crippen LogP contribution in [0, 0.1) is 28.9 Å². The predicted molar refractivity (Wildman–Crippen MR) is 104 cm³/mol. The highest BCUT2D eigenvalue weighted by Crippen LogP contribution is 2.33. The monoisotopic (exact) mass is 475 g/mol. The average molecular weight is 475 g/mol. The summed E-state index contributed by atoms with van der Waals surface area (Å²) in [4.78, 5) is 27.9. The third kappa shape index (κ3) is 6.15. The topological polar surface area (TPSA) is 97.7 Å². The van der Waals surface area contributed by atoms with E-state index in [0.717, 1.165) is 0 Å². The number of carbonyl (C=O) groups is 2. The van der Waals surface area contributed by atoms with Crippen LogP contribution in [-0.4, -0.2) is 60.4 Å². The van der Waals surface area contributed by atoms with E-state index in [4.69, 9.17) is 0 Å². The summed E-state index contributed by atoms with van der Waals surface area (Å²) in [5.74, 6) is -4.40. The van der Waals surface area contributed by atoms with Gasteiger partial charge in [0.1, 0.15) is 5.82 Å². The number of carbonyl (C=O) groups excluding carboxylic acids is 2. The molecule has 1 aromatic rings. The summed E-state index contributed by atoms with van der Waals surface area (Å²) in [6.45, 7) is -0.0530. The maximum Gasteiger partial charge on any atom is 0.573 e. The number of benzene rings is 1. The first-order valence-electron chi connectivity index (χ1n) is 10.2. The van der Waals surface area contributed by atoms with Crippen LogP contribution in [0.15, 0.2) is 12.1 Å². The number of hydrogen-bond acceptors (Lipinski definition) is 4. The van der Waals surface area contributed by atoms with Crippen LogP contribution in [-0.2, 0) is 6.54 Å². The van der Waals surface area contributed by atoms with Crippen molar-refractivity contribution in [3.8, 4) is 11.8 Å². The average Bonchev–Trinajstić information content (AvgIpc) is 3.58. The van der Waals surface area contributed by atoms with Crippen molar-refractivity contribution in [2.75, 3.05) is 20.1 Å². The van der Waals surface area contributed by atoms with Crippen LogP contribution in [0.1, 0.15) is 24.8 Å². The Hall–Kier alpha value is -3.30. The predicted octanol–water partition coefficient (Wildman–Crippen LogP) is 3.09. The van der Waals surface area contributed by atoms with Crippen LogP contribution in [0.5, 0.6) is 5.75 Å². The molecular weight excluding hydrogens is 453 g/mol. The number of halogens is 5. The summed E-state index contributed by atoms with van der Waals surface area (Å²) in [5.41, 5.74) is -0.364. The number of likely N-dealkylation sites (tertiary alicyclic amines) is 1. The number of piperidine rings is 1. The summed E-state index contributed by atoms with van der Waals surface area (Å²) in [6, 6.07) is 1.35. The minimum Gasteiger partial charge on any atom is -0.403 e. The molecule has 1 aliphatic carbocycles. The van der Waals surface area contributed by atoms with E-state index in [9.17, 15) is 36.8 Å². The van der Waals surface area contributed by atoms with Crippen molar-refractivity contribution in [2.45, 2.75) is 44.3 Å². The van der Waals surface area contributed by atoms with Gasteiger partial charge in [-0.3, -0.25) is 0 Å². The molecule has 4 amide bonds. The number of nitrogens with zero attached hydrogens (tertiary/aromatic N) is 3. The first-order chi connectivity index (χ1) is 15.5. The fourth-order valence-corrected chi connectivity index (χ4v) is 3.84. The highest BCUT2D eigenvalue weighted by molar-refractivity contribution is 5.76. The fourth-order valence-electron chi connectivity index (χ4n) is 3.84. The Morgan fingerprint density at radius 1 is 1.21 bits per heavy atom. The molecular formula is C20H22F5N5O3. The van der Waals surface area contributed by atoms with E-state index in [1.54, 1.807) is 0 Å². The Morgan fingerprint density at radius 2 is 1.91 bits per heavy atom. The SMILES string of the molecule is CNC(=O)N1CC(C#N)CC(N(C(=O)NCc2cc(F)c(OC(F)(F)F)cc2F)C2CC2)C1. The highest BCUT2D eigenvalue weighted by Gasteiger charge is 2.42. The number of amides is 4. The zero-order chi connectivity index (χ0) is 24.3. The third-order valence-corrected chi connectivity index (χ3v) is 5.44. The lowest BCUT2D eigenvalue weighted by atomic mass is 9.94.